The maximum absolute atomic E-state index is 6.47. The SMILES string of the molecule is CCCc1ccc(C(N)CN(CC2CC2)CC2CC2)cc1. The van der Waals surface area contributed by atoms with Gasteiger partial charge in [0.05, 0.1) is 0 Å². The predicted octanol–water partition coefficient (Wildman–Crippen LogP) is 3.76. The Balaban J connectivity index is 1.55. The van der Waals surface area contributed by atoms with Crippen LogP contribution in [0.15, 0.2) is 24.3 Å². The van der Waals surface area contributed by atoms with Crippen molar-refractivity contribution in [1.29, 1.82) is 0 Å². The average Bonchev–Trinajstić information content (AvgIpc) is 3.36. The zero-order valence-electron chi connectivity index (χ0n) is 13.4. The van der Waals surface area contributed by atoms with Crippen LogP contribution in [0.3, 0.4) is 0 Å². The number of nitrogens with two attached hydrogens (primary N) is 1. The van der Waals surface area contributed by atoms with Crippen molar-refractivity contribution in [3.05, 3.63) is 35.4 Å². The van der Waals surface area contributed by atoms with Crippen LogP contribution in [0.4, 0.5) is 0 Å². The molecule has 21 heavy (non-hydrogen) atoms. The molecule has 2 aliphatic rings. The van der Waals surface area contributed by atoms with Crippen molar-refractivity contribution in [2.75, 3.05) is 19.6 Å². The minimum Gasteiger partial charge on any atom is -0.323 e. The van der Waals surface area contributed by atoms with Crippen molar-refractivity contribution >= 4 is 0 Å². The van der Waals surface area contributed by atoms with E-state index in [-0.39, 0.29) is 6.04 Å². The summed E-state index contributed by atoms with van der Waals surface area (Å²) in [7, 11) is 0. The van der Waals surface area contributed by atoms with Crippen molar-refractivity contribution in [3.8, 4) is 0 Å². The third-order valence-electron chi connectivity index (χ3n) is 4.83. The molecule has 1 aromatic rings. The van der Waals surface area contributed by atoms with Gasteiger partial charge >= 0.3 is 0 Å². The molecule has 2 fully saturated rings. The lowest BCUT2D eigenvalue weighted by molar-refractivity contribution is 0.238. The second kappa shape index (κ2) is 6.93. The zero-order chi connectivity index (χ0) is 14.7. The van der Waals surface area contributed by atoms with Gasteiger partial charge in [0.2, 0.25) is 0 Å². The molecule has 2 nitrogen and oxygen atoms in total. The molecule has 0 aliphatic heterocycles. The van der Waals surface area contributed by atoms with Crippen molar-refractivity contribution in [3.63, 3.8) is 0 Å². The second-order valence-electron chi connectivity index (χ2n) is 7.20. The molecule has 0 heterocycles. The van der Waals surface area contributed by atoms with Gasteiger partial charge in [-0.2, -0.15) is 0 Å². The third kappa shape index (κ3) is 4.82. The maximum atomic E-state index is 6.47. The maximum Gasteiger partial charge on any atom is 0.0424 e. The molecule has 2 N–H and O–H groups in total. The van der Waals surface area contributed by atoms with Gasteiger partial charge in [-0.3, -0.25) is 0 Å². The number of hydrogen-bond donors (Lipinski definition) is 1. The zero-order valence-corrected chi connectivity index (χ0v) is 13.4. The summed E-state index contributed by atoms with van der Waals surface area (Å²) in [6.07, 6.45) is 8.11. The monoisotopic (exact) mass is 286 g/mol. The Morgan fingerprint density at radius 1 is 1.05 bits per heavy atom. The normalized spacial score (nSPS) is 20.0. The second-order valence-corrected chi connectivity index (χ2v) is 7.20. The highest BCUT2D eigenvalue weighted by Crippen LogP contribution is 2.34. The Bertz CT molecular complexity index is 417. The molecule has 0 saturated heterocycles. The van der Waals surface area contributed by atoms with E-state index >= 15 is 0 Å². The minimum absolute atomic E-state index is 0.165. The summed E-state index contributed by atoms with van der Waals surface area (Å²) in [4.78, 5) is 2.64. The Morgan fingerprint density at radius 2 is 1.62 bits per heavy atom. The van der Waals surface area contributed by atoms with Crippen LogP contribution < -0.4 is 5.73 Å². The molecule has 0 spiro atoms. The first kappa shape index (κ1) is 15.1. The van der Waals surface area contributed by atoms with Gasteiger partial charge in [0, 0.05) is 25.7 Å². The van der Waals surface area contributed by atoms with Gasteiger partial charge in [0.15, 0.2) is 0 Å². The van der Waals surface area contributed by atoms with Crippen LogP contribution in [0.2, 0.25) is 0 Å². The van der Waals surface area contributed by atoms with E-state index in [0.29, 0.717) is 0 Å². The standard InChI is InChI=1S/C19H30N2/c1-2-3-15-8-10-18(11-9-15)19(20)14-21(12-16-4-5-16)13-17-6-7-17/h8-11,16-17,19H,2-7,12-14,20H2,1H3. The molecule has 1 unspecified atom stereocenters. The molecule has 0 amide bonds. The van der Waals surface area contributed by atoms with Crippen LogP contribution in [0.5, 0.6) is 0 Å². The Hall–Kier alpha value is -0.860. The Kier molecular flexibility index (Phi) is 4.97. The van der Waals surface area contributed by atoms with Crippen molar-refractivity contribution in [1.82, 2.24) is 4.90 Å². The fourth-order valence-electron chi connectivity index (χ4n) is 3.16. The van der Waals surface area contributed by atoms with E-state index in [1.807, 2.05) is 0 Å². The molecule has 0 aromatic heterocycles. The van der Waals surface area contributed by atoms with Gasteiger partial charge < -0.3 is 10.6 Å². The minimum atomic E-state index is 0.165. The first-order valence-electron chi connectivity index (χ1n) is 8.81. The van der Waals surface area contributed by atoms with Gasteiger partial charge in [-0.05, 0) is 55.1 Å². The van der Waals surface area contributed by atoms with Gasteiger partial charge in [-0.15, -0.1) is 0 Å². The molecular weight excluding hydrogens is 256 g/mol. The molecule has 0 bridgehead atoms. The van der Waals surface area contributed by atoms with Gasteiger partial charge in [-0.25, -0.2) is 0 Å². The van der Waals surface area contributed by atoms with Gasteiger partial charge in [-0.1, -0.05) is 37.6 Å². The molecule has 2 aliphatic carbocycles. The van der Waals surface area contributed by atoms with Crippen LogP contribution in [0.25, 0.3) is 0 Å². The van der Waals surface area contributed by atoms with Crippen LogP contribution in [0.1, 0.15) is 56.2 Å². The molecule has 2 saturated carbocycles. The number of rotatable bonds is 9. The Labute approximate surface area is 129 Å². The van der Waals surface area contributed by atoms with Crippen LogP contribution >= 0.6 is 0 Å². The van der Waals surface area contributed by atoms with Gasteiger partial charge in [0.1, 0.15) is 0 Å². The fraction of sp³-hybridized carbons (Fsp3) is 0.684. The predicted molar refractivity (Wildman–Crippen MR) is 89.3 cm³/mol. The lowest BCUT2D eigenvalue weighted by atomic mass is 10.0. The van der Waals surface area contributed by atoms with Crippen molar-refractivity contribution in [2.24, 2.45) is 17.6 Å². The molecule has 1 atom stereocenters. The van der Waals surface area contributed by atoms with E-state index in [0.717, 1.165) is 18.4 Å². The van der Waals surface area contributed by atoms with Crippen LogP contribution in [-0.4, -0.2) is 24.5 Å². The third-order valence-corrected chi connectivity index (χ3v) is 4.83. The Morgan fingerprint density at radius 3 is 2.10 bits per heavy atom. The lowest BCUT2D eigenvalue weighted by Crippen LogP contribution is -2.35. The summed E-state index contributed by atoms with van der Waals surface area (Å²) in [5.41, 5.74) is 9.20. The number of aryl methyl sites for hydroxylation is 1. The lowest BCUT2D eigenvalue weighted by Gasteiger charge is -2.26. The summed E-state index contributed by atoms with van der Waals surface area (Å²) in [5, 5.41) is 0. The highest BCUT2D eigenvalue weighted by Gasteiger charge is 2.29. The quantitative estimate of drug-likeness (QED) is 0.749. The molecule has 2 heteroatoms. The number of nitrogens with zero attached hydrogens (tertiary/aromatic N) is 1. The average molecular weight is 286 g/mol. The summed E-state index contributed by atoms with van der Waals surface area (Å²) in [5.74, 6) is 1.92. The summed E-state index contributed by atoms with van der Waals surface area (Å²) >= 11 is 0. The van der Waals surface area contributed by atoms with Gasteiger partial charge in [0.25, 0.3) is 0 Å². The van der Waals surface area contributed by atoms with E-state index < -0.39 is 0 Å². The van der Waals surface area contributed by atoms with Crippen molar-refractivity contribution < 1.29 is 0 Å². The van der Waals surface area contributed by atoms with E-state index in [1.54, 1.807) is 0 Å². The topological polar surface area (TPSA) is 29.3 Å². The highest BCUT2D eigenvalue weighted by molar-refractivity contribution is 5.25. The van der Waals surface area contributed by atoms with E-state index in [4.69, 9.17) is 5.73 Å². The van der Waals surface area contributed by atoms with Crippen molar-refractivity contribution in [2.45, 2.75) is 51.5 Å². The smallest absolute Gasteiger partial charge is 0.0424 e. The molecule has 1 aromatic carbocycles. The highest BCUT2D eigenvalue weighted by atomic mass is 15.1. The van der Waals surface area contributed by atoms with E-state index in [2.05, 4.69) is 36.1 Å². The van der Waals surface area contributed by atoms with Crippen LogP contribution in [-0.2, 0) is 6.42 Å². The first-order chi connectivity index (χ1) is 10.2. The summed E-state index contributed by atoms with van der Waals surface area (Å²) in [6, 6.07) is 9.15. The summed E-state index contributed by atoms with van der Waals surface area (Å²) < 4.78 is 0. The van der Waals surface area contributed by atoms with Crippen LogP contribution in [0, 0.1) is 11.8 Å². The molecule has 3 rings (SSSR count). The largest absolute Gasteiger partial charge is 0.323 e. The van der Waals surface area contributed by atoms with E-state index in [1.165, 1.54) is 62.7 Å². The molecule has 0 radical (unpaired) electrons. The number of hydrogen-bond acceptors (Lipinski definition) is 2. The summed E-state index contributed by atoms with van der Waals surface area (Å²) in [6.45, 7) is 5.81. The molecule has 116 valence electrons. The number of benzene rings is 1. The fourth-order valence-corrected chi connectivity index (χ4v) is 3.16. The molecular formula is C19H30N2. The van der Waals surface area contributed by atoms with E-state index in [9.17, 15) is 0 Å². The first-order valence-corrected chi connectivity index (χ1v) is 8.81.